The SMILES string of the molecule is O=C(CCl)N[C@H]1CCCN(C(=O)c2ccc(F)nc2)C1. The second-order valence-corrected chi connectivity index (χ2v) is 4.93. The summed E-state index contributed by atoms with van der Waals surface area (Å²) in [5.41, 5.74) is 0.343. The summed E-state index contributed by atoms with van der Waals surface area (Å²) >= 11 is 5.44. The van der Waals surface area contributed by atoms with Crippen LogP contribution < -0.4 is 5.32 Å². The average Bonchev–Trinajstić information content (AvgIpc) is 2.47. The van der Waals surface area contributed by atoms with Crippen molar-refractivity contribution in [1.29, 1.82) is 0 Å². The highest BCUT2D eigenvalue weighted by Crippen LogP contribution is 2.13. The summed E-state index contributed by atoms with van der Waals surface area (Å²) in [5, 5.41) is 2.77. The maximum atomic E-state index is 12.7. The number of nitrogens with one attached hydrogen (secondary N) is 1. The monoisotopic (exact) mass is 299 g/mol. The molecule has 0 saturated carbocycles. The molecule has 1 aliphatic rings. The Hall–Kier alpha value is -1.69. The number of hydrogen-bond donors (Lipinski definition) is 1. The lowest BCUT2D eigenvalue weighted by molar-refractivity contribution is -0.119. The minimum atomic E-state index is -0.618. The third-order valence-corrected chi connectivity index (χ3v) is 3.41. The topological polar surface area (TPSA) is 62.3 Å². The number of piperidine rings is 1. The molecule has 20 heavy (non-hydrogen) atoms. The van der Waals surface area contributed by atoms with E-state index in [-0.39, 0.29) is 23.7 Å². The fraction of sp³-hybridized carbons (Fsp3) is 0.462. The quantitative estimate of drug-likeness (QED) is 0.673. The molecule has 5 nitrogen and oxygen atoms in total. The Balaban J connectivity index is 1.99. The maximum Gasteiger partial charge on any atom is 0.255 e. The van der Waals surface area contributed by atoms with E-state index in [1.165, 1.54) is 12.3 Å². The molecule has 1 fully saturated rings. The van der Waals surface area contributed by atoms with Crippen molar-refractivity contribution in [3.8, 4) is 0 Å². The first kappa shape index (κ1) is 14.7. The number of alkyl halides is 1. The molecule has 2 amide bonds. The molecule has 1 aromatic heterocycles. The normalized spacial score (nSPS) is 18.7. The van der Waals surface area contributed by atoms with Gasteiger partial charge in [0.25, 0.3) is 5.91 Å². The summed E-state index contributed by atoms with van der Waals surface area (Å²) in [6.45, 7) is 1.04. The second kappa shape index (κ2) is 6.65. The Morgan fingerprint density at radius 1 is 1.50 bits per heavy atom. The average molecular weight is 300 g/mol. The van der Waals surface area contributed by atoms with Gasteiger partial charge in [-0.1, -0.05) is 0 Å². The highest BCUT2D eigenvalue weighted by Gasteiger charge is 2.25. The zero-order chi connectivity index (χ0) is 14.5. The van der Waals surface area contributed by atoms with E-state index in [0.717, 1.165) is 18.9 Å². The first-order valence-electron chi connectivity index (χ1n) is 6.36. The fourth-order valence-electron chi connectivity index (χ4n) is 2.23. The summed E-state index contributed by atoms with van der Waals surface area (Å²) in [7, 11) is 0. The van der Waals surface area contributed by atoms with Gasteiger partial charge in [0.2, 0.25) is 11.9 Å². The molecule has 108 valence electrons. The number of hydrogen-bond acceptors (Lipinski definition) is 3. The van der Waals surface area contributed by atoms with E-state index in [1.807, 2.05) is 0 Å². The largest absolute Gasteiger partial charge is 0.351 e. The Morgan fingerprint density at radius 2 is 2.30 bits per heavy atom. The van der Waals surface area contributed by atoms with E-state index in [0.29, 0.717) is 18.7 Å². The van der Waals surface area contributed by atoms with Crippen LogP contribution in [0.3, 0.4) is 0 Å². The van der Waals surface area contributed by atoms with Crippen LogP contribution in [0.15, 0.2) is 18.3 Å². The van der Waals surface area contributed by atoms with E-state index in [4.69, 9.17) is 11.6 Å². The summed E-state index contributed by atoms with van der Waals surface area (Å²) in [4.78, 5) is 28.6. The van der Waals surface area contributed by atoms with Crippen molar-refractivity contribution in [2.24, 2.45) is 0 Å². The molecule has 1 aromatic rings. The molecule has 1 atom stereocenters. The number of carbonyl (C=O) groups excluding carboxylic acids is 2. The number of nitrogens with zero attached hydrogens (tertiary/aromatic N) is 2. The van der Waals surface area contributed by atoms with Gasteiger partial charge in [0, 0.05) is 25.3 Å². The molecule has 0 radical (unpaired) electrons. The molecule has 0 aromatic carbocycles. The molecule has 0 spiro atoms. The molecule has 1 aliphatic heterocycles. The summed E-state index contributed by atoms with van der Waals surface area (Å²) in [6, 6.07) is 2.47. The molecule has 0 bridgehead atoms. The van der Waals surface area contributed by atoms with Gasteiger partial charge in [-0.3, -0.25) is 9.59 Å². The number of rotatable bonds is 3. The zero-order valence-corrected chi connectivity index (χ0v) is 11.6. The van der Waals surface area contributed by atoms with Crippen LogP contribution in [0.1, 0.15) is 23.2 Å². The summed E-state index contributed by atoms with van der Waals surface area (Å²) in [6.07, 6.45) is 2.83. The standard InChI is InChI=1S/C13H15ClFN3O2/c14-6-12(19)17-10-2-1-5-18(8-10)13(20)9-3-4-11(15)16-7-9/h3-4,7,10H,1-2,5-6,8H2,(H,17,19)/t10-/m0/s1. The van der Waals surface area contributed by atoms with Gasteiger partial charge in [-0.25, -0.2) is 4.98 Å². The first-order valence-corrected chi connectivity index (χ1v) is 6.89. The highest BCUT2D eigenvalue weighted by atomic mass is 35.5. The van der Waals surface area contributed by atoms with E-state index in [9.17, 15) is 14.0 Å². The molecule has 1 saturated heterocycles. The Kier molecular flexibility index (Phi) is 4.89. The van der Waals surface area contributed by atoms with Gasteiger partial charge in [0.05, 0.1) is 5.56 Å². The van der Waals surface area contributed by atoms with Crippen LogP contribution in [0.4, 0.5) is 4.39 Å². The molecule has 0 aliphatic carbocycles. The van der Waals surface area contributed by atoms with Gasteiger partial charge < -0.3 is 10.2 Å². The predicted molar refractivity (Wildman–Crippen MR) is 72.0 cm³/mol. The lowest BCUT2D eigenvalue weighted by Crippen LogP contribution is -2.49. The maximum absolute atomic E-state index is 12.7. The molecule has 2 heterocycles. The van der Waals surface area contributed by atoms with Crippen molar-refractivity contribution in [1.82, 2.24) is 15.2 Å². The van der Waals surface area contributed by atoms with Crippen LogP contribution >= 0.6 is 11.6 Å². The van der Waals surface area contributed by atoms with Crippen molar-refractivity contribution in [2.45, 2.75) is 18.9 Å². The van der Waals surface area contributed by atoms with Gasteiger partial charge in [-0.05, 0) is 25.0 Å². The third kappa shape index (κ3) is 3.66. The number of likely N-dealkylation sites (tertiary alicyclic amines) is 1. The van der Waals surface area contributed by atoms with Crippen molar-refractivity contribution in [3.63, 3.8) is 0 Å². The Labute approximate surface area is 121 Å². The highest BCUT2D eigenvalue weighted by molar-refractivity contribution is 6.27. The van der Waals surface area contributed by atoms with E-state index < -0.39 is 5.95 Å². The van der Waals surface area contributed by atoms with E-state index in [1.54, 1.807) is 4.90 Å². The van der Waals surface area contributed by atoms with E-state index in [2.05, 4.69) is 10.3 Å². The van der Waals surface area contributed by atoms with Crippen LogP contribution in [0.25, 0.3) is 0 Å². The van der Waals surface area contributed by atoms with Crippen molar-refractivity contribution in [2.75, 3.05) is 19.0 Å². The summed E-state index contributed by atoms with van der Waals surface area (Å²) in [5.74, 6) is -1.16. The van der Waals surface area contributed by atoms with Crippen molar-refractivity contribution >= 4 is 23.4 Å². The van der Waals surface area contributed by atoms with Crippen LogP contribution in [0.5, 0.6) is 0 Å². The van der Waals surface area contributed by atoms with Crippen LogP contribution in [0, 0.1) is 5.95 Å². The summed E-state index contributed by atoms with van der Waals surface area (Å²) < 4.78 is 12.7. The van der Waals surface area contributed by atoms with Crippen LogP contribution in [0.2, 0.25) is 0 Å². The first-order chi connectivity index (χ1) is 9.60. The van der Waals surface area contributed by atoms with Gasteiger partial charge in [0.1, 0.15) is 5.88 Å². The molecule has 1 N–H and O–H groups in total. The number of aromatic nitrogens is 1. The van der Waals surface area contributed by atoms with Crippen LogP contribution in [-0.2, 0) is 4.79 Å². The molecular weight excluding hydrogens is 285 g/mol. The minimum absolute atomic E-state index is 0.0904. The smallest absolute Gasteiger partial charge is 0.255 e. The molecular formula is C13H15ClFN3O2. The lowest BCUT2D eigenvalue weighted by atomic mass is 10.0. The number of pyridine rings is 1. The number of carbonyl (C=O) groups is 2. The van der Waals surface area contributed by atoms with Gasteiger partial charge in [-0.15, -0.1) is 11.6 Å². The second-order valence-electron chi connectivity index (χ2n) is 4.66. The van der Waals surface area contributed by atoms with Crippen molar-refractivity contribution in [3.05, 3.63) is 29.8 Å². The van der Waals surface area contributed by atoms with Gasteiger partial charge in [-0.2, -0.15) is 4.39 Å². The predicted octanol–water partition coefficient (Wildman–Crippen LogP) is 1.18. The number of halogens is 2. The Bertz CT molecular complexity index is 495. The zero-order valence-electron chi connectivity index (χ0n) is 10.8. The minimum Gasteiger partial charge on any atom is -0.351 e. The fourth-order valence-corrected chi connectivity index (χ4v) is 2.31. The van der Waals surface area contributed by atoms with Crippen molar-refractivity contribution < 1.29 is 14.0 Å². The molecule has 2 rings (SSSR count). The molecule has 0 unspecified atom stereocenters. The van der Waals surface area contributed by atoms with Crippen LogP contribution in [-0.4, -0.2) is 46.7 Å². The number of amides is 2. The lowest BCUT2D eigenvalue weighted by Gasteiger charge is -2.33. The van der Waals surface area contributed by atoms with E-state index >= 15 is 0 Å². The third-order valence-electron chi connectivity index (χ3n) is 3.17. The Morgan fingerprint density at radius 3 is 2.95 bits per heavy atom. The van der Waals surface area contributed by atoms with Gasteiger partial charge >= 0.3 is 0 Å². The van der Waals surface area contributed by atoms with Gasteiger partial charge in [0.15, 0.2) is 0 Å². The molecule has 7 heteroatoms.